The van der Waals surface area contributed by atoms with Crippen LogP contribution in [-0.4, -0.2) is 12.8 Å². The zero-order valence-corrected chi connectivity index (χ0v) is 7.96. The highest BCUT2D eigenvalue weighted by atomic mass is 14.7. The standard InChI is InChI=1S/C11H12BN/c1-7(2)10-6-13-11-5-8(12)3-4-9(10)11/h3-7,13H,1-2H3. The van der Waals surface area contributed by atoms with E-state index in [-0.39, 0.29) is 0 Å². The van der Waals surface area contributed by atoms with Crippen molar-refractivity contribution in [2.75, 3.05) is 0 Å². The molecule has 0 unspecified atom stereocenters. The predicted octanol–water partition coefficient (Wildman–Crippen LogP) is 2.09. The van der Waals surface area contributed by atoms with Gasteiger partial charge in [-0.1, -0.05) is 31.4 Å². The molecule has 13 heavy (non-hydrogen) atoms. The molecule has 0 spiro atoms. The lowest BCUT2D eigenvalue weighted by Crippen LogP contribution is -1.99. The molecule has 0 aliphatic carbocycles. The highest BCUT2D eigenvalue weighted by molar-refractivity contribution is 6.33. The Hall–Kier alpha value is -1.18. The fourth-order valence-electron chi connectivity index (χ4n) is 1.64. The third kappa shape index (κ3) is 1.37. The van der Waals surface area contributed by atoms with Gasteiger partial charge in [0.25, 0.3) is 0 Å². The normalized spacial score (nSPS) is 11.3. The number of fused-ring (bicyclic) bond motifs is 1. The van der Waals surface area contributed by atoms with Gasteiger partial charge in [0, 0.05) is 17.1 Å². The number of rotatable bonds is 1. The Labute approximate surface area is 79.6 Å². The molecule has 0 aliphatic rings. The first-order chi connectivity index (χ1) is 6.18. The maximum Gasteiger partial charge on any atom is 0.113 e. The van der Waals surface area contributed by atoms with Crippen LogP contribution < -0.4 is 5.46 Å². The molecule has 2 aromatic rings. The van der Waals surface area contributed by atoms with E-state index in [2.05, 4.69) is 31.1 Å². The predicted molar refractivity (Wildman–Crippen MR) is 57.8 cm³/mol. The van der Waals surface area contributed by atoms with Crippen LogP contribution in [-0.2, 0) is 0 Å². The van der Waals surface area contributed by atoms with Gasteiger partial charge in [0.2, 0.25) is 0 Å². The SMILES string of the molecule is [B]c1ccc2c(C(C)C)c[nH]c2c1. The molecular weight excluding hydrogens is 157 g/mol. The van der Waals surface area contributed by atoms with Crippen molar-refractivity contribution in [1.29, 1.82) is 0 Å². The molecular formula is C11H12BN. The number of hydrogen-bond donors (Lipinski definition) is 1. The van der Waals surface area contributed by atoms with E-state index in [1.54, 1.807) is 0 Å². The van der Waals surface area contributed by atoms with Crippen LogP contribution in [0.15, 0.2) is 24.4 Å². The zero-order valence-electron chi connectivity index (χ0n) is 7.96. The van der Waals surface area contributed by atoms with Crippen LogP contribution in [0.4, 0.5) is 0 Å². The van der Waals surface area contributed by atoms with Crippen molar-refractivity contribution in [2.24, 2.45) is 0 Å². The summed E-state index contributed by atoms with van der Waals surface area (Å²) in [6.07, 6.45) is 2.06. The van der Waals surface area contributed by atoms with Gasteiger partial charge >= 0.3 is 0 Å². The van der Waals surface area contributed by atoms with Gasteiger partial charge in [-0.3, -0.25) is 0 Å². The Morgan fingerprint density at radius 1 is 1.31 bits per heavy atom. The molecule has 1 N–H and O–H groups in total. The largest absolute Gasteiger partial charge is 0.361 e. The van der Waals surface area contributed by atoms with E-state index >= 15 is 0 Å². The molecule has 0 saturated heterocycles. The van der Waals surface area contributed by atoms with Gasteiger partial charge in [-0.2, -0.15) is 0 Å². The van der Waals surface area contributed by atoms with Crippen molar-refractivity contribution in [3.8, 4) is 0 Å². The second-order valence-electron chi connectivity index (χ2n) is 3.70. The summed E-state index contributed by atoms with van der Waals surface area (Å²) in [5.74, 6) is 0.553. The van der Waals surface area contributed by atoms with Gasteiger partial charge in [0.15, 0.2) is 0 Å². The molecule has 0 bridgehead atoms. The first kappa shape index (κ1) is 8.42. The monoisotopic (exact) mass is 169 g/mol. The van der Waals surface area contributed by atoms with Crippen LogP contribution in [0.3, 0.4) is 0 Å². The minimum Gasteiger partial charge on any atom is -0.361 e. The van der Waals surface area contributed by atoms with Crippen molar-refractivity contribution >= 4 is 24.2 Å². The summed E-state index contributed by atoms with van der Waals surface area (Å²) in [6, 6.07) is 6.00. The Kier molecular flexibility index (Phi) is 1.91. The average molecular weight is 169 g/mol. The van der Waals surface area contributed by atoms with Gasteiger partial charge in [-0.25, -0.2) is 0 Å². The lowest BCUT2D eigenvalue weighted by Gasteiger charge is -2.01. The molecule has 1 aromatic carbocycles. The maximum atomic E-state index is 5.69. The van der Waals surface area contributed by atoms with Crippen LogP contribution in [0.1, 0.15) is 25.3 Å². The molecule has 2 heteroatoms. The molecule has 0 aliphatic heterocycles. The summed E-state index contributed by atoms with van der Waals surface area (Å²) in [5, 5.41) is 1.28. The Bertz CT molecular complexity index is 429. The first-order valence-corrected chi connectivity index (χ1v) is 4.55. The average Bonchev–Trinajstić information content (AvgIpc) is 2.46. The van der Waals surface area contributed by atoms with Gasteiger partial charge in [-0.15, -0.1) is 0 Å². The van der Waals surface area contributed by atoms with Gasteiger partial charge < -0.3 is 4.98 Å². The summed E-state index contributed by atoms with van der Waals surface area (Å²) in [5.41, 5.74) is 3.29. The summed E-state index contributed by atoms with van der Waals surface area (Å²) < 4.78 is 0. The number of hydrogen-bond acceptors (Lipinski definition) is 0. The van der Waals surface area contributed by atoms with Crippen LogP contribution >= 0.6 is 0 Å². The molecule has 0 saturated carbocycles. The summed E-state index contributed by atoms with van der Waals surface area (Å²) >= 11 is 0. The highest BCUT2D eigenvalue weighted by Gasteiger charge is 2.05. The Balaban J connectivity index is 2.69. The van der Waals surface area contributed by atoms with E-state index in [4.69, 9.17) is 7.85 Å². The fourth-order valence-corrected chi connectivity index (χ4v) is 1.64. The van der Waals surface area contributed by atoms with E-state index in [1.807, 2.05) is 12.1 Å². The summed E-state index contributed by atoms with van der Waals surface area (Å²) in [7, 11) is 5.69. The smallest absolute Gasteiger partial charge is 0.113 e. The lowest BCUT2D eigenvalue weighted by atomic mass is 9.94. The van der Waals surface area contributed by atoms with Crippen molar-refractivity contribution in [1.82, 2.24) is 4.98 Å². The quantitative estimate of drug-likeness (QED) is 0.629. The molecule has 0 atom stereocenters. The van der Waals surface area contributed by atoms with Crippen molar-refractivity contribution in [2.45, 2.75) is 19.8 Å². The first-order valence-electron chi connectivity index (χ1n) is 4.55. The number of aromatic nitrogens is 1. The van der Waals surface area contributed by atoms with E-state index in [1.165, 1.54) is 10.9 Å². The minimum atomic E-state index is 0.553. The van der Waals surface area contributed by atoms with Crippen LogP contribution in [0.25, 0.3) is 10.9 Å². The number of nitrogens with one attached hydrogen (secondary N) is 1. The summed E-state index contributed by atoms with van der Waals surface area (Å²) in [6.45, 7) is 4.39. The number of benzene rings is 1. The van der Waals surface area contributed by atoms with E-state index in [0.717, 1.165) is 11.0 Å². The topological polar surface area (TPSA) is 15.8 Å². The van der Waals surface area contributed by atoms with E-state index in [0.29, 0.717) is 5.92 Å². The van der Waals surface area contributed by atoms with Crippen molar-refractivity contribution in [3.63, 3.8) is 0 Å². The van der Waals surface area contributed by atoms with Crippen molar-refractivity contribution < 1.29 is 0 Å². The molecule has 1 aromatic heterocycles. The molecule has 2 rings (SSSR count). The molecule has 64 valence electrons. The molecule has 2 radical (unpaired) electrons. The fraction of sp³-hybridized carbons (Fsp3) is 0.273. The third-order valence-electron chi connectivity index (χ3n) is 2.36. The second-order valence-corrected chi connectivity index (χ2v) is 3.70. The number of aromatic amines is 1. The molecule has 0 fully saturated rings. The highest BCUT2D eigenvalue weighted by Crippen LogP contribution is 2.23. The third-order valence-corrected chi connectivity index (χ3v) is 2.36. The van der Waals surface area contributed by atoms with E-state index in [9.17, 15) is 0 Å². The van der Waals surface area contributed by atoms with Crippen LogP contribution in [0.2, 0.25) is 0 Å². The van der Waals surface area contributed by atoms with Gasteiger partial charge in [0.05, 0.1) is 0 Å². The molecule has 1 nitrogen and oxygen atoms in total. The summed E-state index contributed by atoms with van der Waals surface area (Å²) in [4.78, 5) is 3.23. The molecule has 1 heterocycles. The van der Waals surface area contributed by atoms with Crippen molar-refractivity contribution in [3.05, 3.63) is 30.0 Å². The lowest BCUT2D eigenvalue weighted by molar-refractivity contribution is 0.875. The Morgan fingerprint density at radius 2 is 2.08 bits per heavy atom. The van der Waals surface area contributed by atoms with Gasteiger partial charge in [0.1, 0.15) is 7.85 Å². The Morgan fingerprint density at radius 3 is 2.77 bits per heavy atom. The van der Waals surface area contributed by atoms with E-state index < -0.39 is 0 Å². The number of H-pyrrole nitrogens is 1. The second kappa shape index (κ2) is 2.95. The van der Waals surface area contributed by atoms with Crippen LogP contribution in [0.5, 0.6) is 0 Å². The molecule has 0 amide bonds. The minimum absolute atomic E-state index is 0.553. The maximum absolute atomic E-state index is 5.69. The van der Waals surface area contributed by atoms with Crippen LogP contribution in [0, 0.1) is 0 Å². The zero-order chi connectivity index (χ0) is 9.42. The van der Waals surface area contributed by atoms with Gasteiger partial charge in [-0.05, 0) is 17.5 Å².